The summed E-state index contributed by atoms with van der Waals surface area (Å²) in [7, 11) is -2.36. The number of carbonyl (C=O) groups is 1. The molecule has 0 saturated heterocycles. The standard InChI is InChI=1S/C17H27NO7S.C7H8/c1-14-6-8-15(9-7-14)26(20,21)24-13-11-22-10-12-23-18(5)16(19)25-17(2,3)4;1-7-5-3-2-4-6-7/h6-9H,10-13H2,1-5H3;2-6H,1H3. The van der Waals surface area contributed by atoms with Crippen LogP contribution in [0.3, 0.4) is 0 Å². The molecule has 1 amide bonds. The average molecular weight is 482 g/mol. The zero-order valence-electron chi connectivity index (χ0n) is 20.2. The second-order valence-corrected chi connectivity index (χ2v) is 9.78. The Morgan fingerprint density at radius 3 is 1.91 bits per heavy atom. The minimum absolute atomic E-state index is 0.0740. The van der Waals surface area contributed by atoms with Crippen molar-refractivity contribution in [2.24, 2.45) is 0 Å². The van der Waals surface area contributed by atoms with E-state index >= 15 is 0 Å². The topological polar surface area (TPSA) is 91.4 Å². The molecule has 0 aliphatic rings. The number of carbonyl (C=O) groups excluding carboxylic acids is 1. The Kier molecular flexibility index (Phi) is 12.1. The van der Waals surface area contributed by atoms with E-state index < -0.39 is 21.8 Å². The van der Waals surface area contributed by atoms with Gasteiger partial charge in [0, 0.05) is 7.05 Å². The van der Waals surface area contributed by atoms with E-state index in [1.807, 2.05) is 25.1 Å². The quantitative estimate of drug-likeness (QED) is 0.296. The first kappa shape index (κ1) is 28.6. The Labute approximate surface area is 197 Å². The molecule has 2 rings (SSSR count). The molecular formula is C24H35NO7S. The van der Waals surface area contributed by atoms with Gasteiger partial charge in [0.2, 0.25) is 0 Å². The van der Waals surface area contributed by atoms with Gasteiger partial charge in [-0.05, 0) is 46.8 Å². The minimum Gasteiger partial charge on any atom is -0.442 e. The summed E-state index contributed by atoms with van der Waals surface area (Å²) in [6.45, 7) is 9.46. The molecule has 0 aliphatic carbocycles. The van der Waals surface area contributed by atoms with Crippen LogP contribution >= 0.6 is 0 Å². The second-order valence-electron chi connectivity index (χ2n) is 8.17. The first-order chi connectivity index (χ1) is 15.4. The molecule has 0 atom stereocenters. The third kappa shape index (κ3) is 13.0. The normalized spacial score (nSPS) is 11.3. The third-order valence-corrected chi connectivity index (χ3v) is 5.21. The summed E-state index contributed by atoms with van der Waals surface area (Å²) in [5.41, 5.74) is 1.68. The van der Waals surface area contributed by atoms with Crippen LogP contribution in [0.5, 0.6) is 0 Å². The molecule has 0 radical (unpaired) electrons. The van der Waals surface area contributed by atoms with Crippen LogP contribution in [0.1, 0.15) is 31.9 Å². The van der Waals surface area contributed by atoms with Crippen LogP contribution in [0.4, 0.5) is 4.79 Å². The average Bonchev–Trinajstić information content (AvgIpc) is 2.73. The van der Waals surface area contributed by atoms with Crippen molar-refractivity contribution < 1.29 is 31.7 Å². The van der Waals surface area contributed by atoms with Gasteiger partial charge in [0.15, 0.2) is 0 Å². The van der Waals surface area contributed by atoms with E-state index in [-0.39, 0.29) is 31.3 Å². The minimum atomic E-state index is -3.79. The Balaban J connectivity index is 0.000000657. The fraction of sp³-hybridized carbons (Fsp3) is 0.458. The van der Waals surface area contributed by atoms with Crippen molar-refractivity contribution in [2.45, 2.75) is 45.1 Å². The molecule has 9 heteroatoms. The summed E-state index contributed by atoms with van der Waals surface area (Å²) in [4.78, 5) is 16.9. The van der Waals surface area contributed by atoms with Crippen LogP contribution in [-0.4, -0.2) is 58.7 Å². The van der Waals surface area contributed by atoms with E-state index in [9.17, 15) is 13.2 Å². The predicted octanol–water partition coefficient (Wildman–Crippen LogP) is 4.51. The van der Waals surface area contributed by atoms with E-state index in [0.717, 1.165) is 10.6 Å². The maximum absolute atomic E-state index is 12.0. The maximum atomic E-state index is 12.0. The molecule has 0 spiro atoms. The Morgan fingerprint density at radius 2 is 1.39 bits per heavy atom. The van der Waals surface area contributed by atoms with Crippen LogP contribution in [0.2, 0.25) is 0 Å². The molecule has 0 aliphatic heterocycles. The van der Waals surface area contributed by atoms with Gasteiger partial charge in [0.05, 0.1) is 31.3 Å². The second kappa shape index (κ2) is 13.9. The smallest absolute Gasteiger partial charge is 0.434 e. The summed E-state index contributed by atoms with van der Waals surface area (Å²) >= 11 is 0. The summed E-state index contributed by atoms with van der Waals surface area (Å²) < 4.78 is 39.1. The Morgan fingerprint density at radius 1 is 0.848 bits per heavy atom. The molecule has 33 heavy (non-hydrogen) atoms. The Bertz CT molecular complexity index is 924. The first-order valence-corrected chi connectivity index (χ1v) is 12.0. The summed E-state index contributed by atoms with van der Waals surface area (Å²) in [6.07, 6.45) is -0.606. The highest BCUT2D eigenvalue weighted by molar-refractivity contribution is 7.86. The van der Waals surface area contributed by atoms with Crippen molar-refractivity contribution in [1.29, 1.82) is 0 Å². The Hall–Kier alpha value is -2.46. The highest BCUT2D eigenvalue weighted by Crippen LogP contribution is 2.13. The lowest BCUT2D eigenvalue weighted by atomic mass is 10.2. The zero-order valence-corrected chi connectivity index (χ0v) is 21.1. The molecular weight excluding hydrogens is 446 g/mol. The molecule has 0 fully saturated rings. The van der Waals surface area contributed by atoms with Crippen molar-refractivity contribution in [1.82, 2.24) is 5.06 Å². The van der Waals surface area contributed by atoms with Crippen LogP contribution in [-0.2, 0) is 28.6 Å². The molecule has 0 bridgehead atoms. The van der Waals surface area contributed by atoms with Gasteiger partial charge in [0.1, 0.15) is 5.60 Å². The van der Waals surface area contributed by atoms with Gasteiger partial charge < -0.3 is 9.47 Å². The van der Waals surface area contributed by atoms with Crippen molar-refractivity contribution in [3.63, 3.8) is 0 Å². The van der Waals surface area contributed by atoms with E-state index in [0.29, 0.717) is 0 Å². The van der Waals surface area contributed by atoms with Gasteiger partial charge in [0.25, 0.3) is 10.1 Å². The van der Waals surface area contributed by atoms with Gasteiger partial charge >= 0.3 is 6.09 Å². The number of ether oxygens (including phenoxy) is 2. The predicted molar refractivity (Wildman–Crippen MR) is 126 cm³/mol. The summed E-state index contributed by atoms with van der Waals surface area (Å²) in [5, 5.41) is 0.979. The molecule has 0 unspecified atom stereocenters. The molecule has 2 aromatic rings. The summed E-state index contributed by atoms with van der Waals surface area (Å²) in [6, 6.07) is 16.6. The fourth-order valence-corrected chi connectivity index (χ4v) is 3.12. The van der Waals surface area contributed by atoms with Gasteiger partial charge in [-0.3, -0.25) is 9.02 Å². The van der Waals surface area contributed by atoms with Crippen LogP contribution < -0.4 is 0 Å². The molecule has 8 nitrogen and oxygen atoms in total. The molecule has 0 saturated carbocycles. The van der Waals surface area contributed by atoms with Crippen LogP contribution in [0, 0.1) is 13.8 Å². The van der Waals surface area contributed by atoms with Crippen molar-refractivity contribution >= 4 is 16.2 Å². The SMILES string of the molecule is Cc1ccc(S(=O)(=O)OCCOCCON(C)C(=O)OC(C)(C)C)cc1.Cc1ccccc1. The van der Waals surface area contributed by atoms with Gasteiger partial charge in [-0.25, -0.2) is 4.79 Å². The van der Waals surface area contributed by atoms with Gasteiger partial charge in [-0.15, -0.1) is 0 Å². The number of rotatable bonds is 9. The highest BCUT2D eigenvalue weighted by Gasteiger charge is 2.20. The van der Waals surface area contributed by atoms with E-state index in [1.54, 1.807) is 32.9 Å². The molecule has 2 aromatic carbocycles. The first-order valence-electron chi connectivity index (χ1n) is 10.6. The monoisotopic (exact) mass is 481 g/mol. The number of amides is 1. The number of benzene rings is 2. The number of hydrogen-bond donors (Lipinski definition) is 0. The van der Waals surface area contributed by atoms with Crippen LogP contribution in [0.25, 0.3) is 0 Å². The van der Waals surface area contributed by atoms with Crippen LogP contribution in [0.15, 0.2) is 59.5 Å². The lowest BCUT2D eigenvalue weighted by Gasteiger charge is -2.23. The molecule has 0 aromatic heterocycles. The molecule has 0 N–H and O–H groups in total. The van der Waals surface area contributed by atoms with Crippen molar-refractivity contribution in [2.75, 3.05) is 33.5 Å². The number of aryl methyl sites for hydroxylation is 2. The van der Waals surface area contributed by atoms with Crippen molar-refractivity contribution in [3.8, 4) is 0 Å². The maximum Gasteiger partial charge on any atom is 0.434 e. The highest BCUT2D eigenvalue weighted by atomic mass is 32.2. The van der Waals surface area contributed by atoms with E-state index in [1.165, 1.54) is 24.7 Å². The van der Waals surface area contributed by atoms with Crippen molar-refractivity contribution in [3.05, 3.63) is 65.7 Å². The third-order valence-electron chi connectivity index (χ3n) is 3.88. The lowest BCUT2D eigenvalue weighted by Crippen LogP contribution is -2.35. The number of hydroxylamine groups is 2. The number of hydrogen-bond acceptors (Lipinski definition) is 7. The van der Waals surface area contributed by atoms with Gasteiger partial charge in [-0.1, -0.05) is 53.6 Å². The fourth-order valence-electron chi connectivity index (χ4n) is 2.22. The lowest BCUT2D eigenvalue weighted by molar-refractivity contribution is -0.142. The largest absolute Gasteiger partial charge is 0.442 e. The van der Waals surface area contributed by atoms with E-state index in [2.05, 4.69) is 19.1 Å². The zero-order chi connectivity index (χ0) is 24.9. The summed E-state index contributed by atoms with van der Waals surface area (Å²) in [5.74, 6) is 0. The molecule has 184 valence electrons. The van der Waals surface area contributed by atoms with Gasteiger partial charge in [-0.2, -0.15) is 13.5 Å². The van der Waals surface area contributed by atoms with E-state index in [4.69, 9.17) is 18.5 Å². The molecule has 0 heterocycles. The number of nitrogens with zero attached hydrogens (tertiary/aromatic N) is 1.